The highest BCUT2D eigenvalue weighted by Crippen LogP contribution is 2.38. The maximum absolute atomic E-state index is 5.89. The highest BCUT2D eigenvalue weighted by molar-refractivity contribution is 5.58. The molecule has 4 rings (SSSR count). The summed E-state index contributed by atoms with van der Waals surface area (Å²) in [6.45, 7) is 4.94. The molecule has 1 N–H and O–H groups in total. The van der Waals surface area contributed by atoms with Crippen LogP contribution in [-0.2, 0) is 4.74 Å². The second-order valence-electron chi connectivity index (χ2n) is 7.15. The van der Waals surface area contributed by atoms with Crippen molar-refractivity contribution in [1.29, 1.82) is 0 Å². The Bertz CT molecular complexity index is 696. The van der Waals surface area contributed by atoms with E-state index < -0.39 is 0 Å². The molecule has 6 nitrogen and oxygen atoms in total. The lowest BCUT2D eigenvalue weighted by Gasteiger charge is -2.30. The molecule has 1 aliphatic carbocycles. The molecular formula is C18H24N4O2. The van der Waals surface area contributed by atoms with Crippen molar-refractivity contribution in [2.75, 3.05) is 11.9 Å². The predicted octanol–water partition coefficient (Wildman–Crippen LogP) is 3.62. The molecule has 2 aliphatic rings. The number of pyridine rings is 1. The van der Waals surface area contributed by atoms with E-state index in [1.807, 2.05) is 12.1 Å². The zero-order chi connectivity index (χ0) is 16.5. The van der Waals surface area contributed by atoms with Crippen molar-refractivity contribution >= 4 is 5.82 Å². The minimum Gasteiger partial charge on any atom is -0.378 e. The molecule has 0 aromatic carbocycles. The first-order valence-corrected chi connectivity index (χ1v) is 8.87. The fourth-order valence-corrected chi connectivity index (χ4v) is 3.19. The normalized spacial score (nSPS) is 24.3. The minimum absolute atomic E-state index is 0.253. The van der Waals surface area contributed by atoms with Crippen molar-refractivity contribution in [2.45, 2.75) is 57.6 Å². The Balaban J connectivity index is 1.45. The summed E-state index contributed by atoms with van der Waals surface area (Å²) in [4.78, 5) is 8.90. The Kier molecular flexibility index (Phi) is 4.22. The van der Waals surface area contributed by atoms with E-state index in [9.17, 15) is 0 Å². The van der Waals surface area contributed by atoms with E-state index in [0.29, 0.717) is 18.0 Å². The first kappa shape index (κ1) is 15.6. The van der Waals surface area contributed by atoms with Gasteiger partial charge in [0, 0.05) is 30.3 Å². The van der Waals surface area contributed by atoms with Gasteiger partial charge in [-0.05, 0) is 43.7 Å². The summed E-state index contributed by atoms with van der Waals surface area (Å²) < 4.78 is 11.3. The van der Waals surface area contributed by atoms with Crippen LogP contribution in [0.5, 0.6) is 0 Å². The quantitative estimate of drug-likeness (QED) is 0.903. The third kappa shape index (κ3) is 3.43. The van der Waals surface area contributed by atoms with Gasteiger partial charge in [-0.1, -0.05) is 19.0 Å². The number of ether oxygens (including phenoxy) is 1. The van der Waals surface area contributed by atoms with Crippen LogP contribution in [0.25, 0.3) is 11.5 Å². The fraction of sp³-hybridized carbons (Fsp3) is 0.611. The molecule has 24 heavy (non-hydrogen) atoms. The Morgan fingerprint density at radius 2 is 2.12 bits per heavy atom. The molecule has 6 heteroatoms. The Labute approximate surface area is 142 Å². The second kappa shape index (κ2) is 6.51. The zero-order valence-electron chi connectivity index (χ0n) is 14.2. The Hall–Kier alpha value is -1.95. The SMILES string of the molecule is CC(C)c1noc(-c2ccnc(NC3CCOC(C4CC4)C3)c2)n1. The van der Waals surface area contributed by atoms with E-state index in [-0.39, 0.29) is 5.92 Å². The van der Waals surface area contributed by atoms with E-state index in [1.54, 1.807) is 6.20 Å². The van der Waals surface area contributed by atoms with Crippen molar-refractivity contribution in [3.05, 3.63) is 24.2 Å². The van der Waals surface area contributed by atoms with Gasteiger partial charge in [0.25, 0.3) is 5.89 Å². The lowest BCUT2D eigenvalue weighted by atomic mass is 10.00. The molecule has 0 radical (unpaired) electrons. The van der Waals surface area contributed by atoms with E-state index in [4.69, 9.17) is 9.26 Å². The average molecular weight is 328 g/mol. The molecule has 0 spiro atoms. The topological polar surface area (TPSA) is 73.1 Å². The molecule has 1 saturated heterocycles. The molecule has 128 valence electrons. The van der Waals surface area contributed by atoms with Crippen LogP contribution in [-0.4, -0.2) is 33.9 Å². The second-order valence-corrected chi connectivity index (χ2v) is 7.15. The highest BCUT2D eigenvalue weighted by Gasteiger charge is 2.35. The van der Waals surface area contributed by atoms with Gasteiger partial charge in [-0.3, -0.25) is 0 Å². The lowest BCUT2D eigenvalue weighted by molar-refractivity contribution is -0.00223. The van der Waals surface area contributed by atoms with Crippen LogP contribution in [0.4, 0.5) is 5.82 Å². The van der Waals surface area contributed by atoms with Crippen molar-refractivity contribution in [2.24, 2.45) is 5.92 Å². The van der Waals surface area contributed by atoms with Gasteiger partial charge in [0.2, 0.25) is 0 Å². The summed E-state index contributed by atoms with van der Waals surface area (Å²) in [5.41, 5.74) is 0.901. The van der Waals surface area contributed by atoms with Gasteiger partial charge in [0.15, 0.2) is 5.82 Å². The Morgan fingerprint density at radius 3 is 2.88 bits per heavy atom. The maximum Gasteiger partial charge on any atom is 0.258 e. The minimum atomic E-state index is 0.253. The molecule has 3 heterocycles. The molecule has 2 atom stereocenters. The number of anilines is 1. The van der Waals surface area contributed by atoms with Gasteiger partial charge in [0.05, 0.1) is 6.10 Å². The predicted molar refractivity (Wildman–Crippen MR) is 90.7 cm³/mol. The lowest BCUT2D eigenvalue weighted by Crippen LogP contribution is -2.35. The number of hydrogen-bond acceptors (Lipinski definition) is 6. The number of nitrogens with one attached hydrogen (secondary N) is 1. The molecule has 2 unspecified atom stereocenters. The van der Waals surface area contributed by atoms with E-state index in [1.165, 1.54) is 12.8 Å². The van der Waals surface area contributed by atoms with Crippen LogP contribution in [0.15, 0.2) is 22.9 Å². The number of rotatable bonds is 5. The molecule has 2 fully saturated rings. The smallest absolute Gasteiger partial charge is 0.258 e. The summed E-state index contributed by atoms with van der Waals surface area (Å²) in [7, 11) is 0. The zero-order valence-corrected chi connectivity index (χ0v) is 14.2. The van der Waals surface area contributed by atoms with Crippen LogP contribution >= 0.6 is 0 Å². The monoisotopic (exact) mass is 328 g/mol. The number of hydrogen-bond donors (Lipinski definition) is 1. The highest BCUT2D eigenvalue weighted by atomic mass is 16.5. The van der Waals surface area contributed by atoms with Gasteiger partial charge >= 0.3 is 0 Å². The van der Waals surface area contributed by atoms with Gasteiger partial charge in [0.1, 0.15) is 5.82 Å². The molecule has 2 aromatic heterocycles. The first-order chi connectivity index (χ1) is 11.7. The van der Waals surface area contributed by atoms with Gasteiger partial charge < -0.3 is 14.6 Å². The third-order valence-corrected chi connectivity index (χ3v) is 4.78. The molecule has 1 saturated carbocycles. The molecule has 1 aliphatic heterocycles. The van der Waals surface area contributed by atoms with Crippen LogP contribution in [0.3, 0.4) is 0 Å². The maximum atomic E-state index is 5.89. The van der Waals surface area contributed by atoms with Gasteiger partial charge in [-0.2, -0.15) is 4.98 Å². The molecular weight excluding hydrogens is 304 g/mol. The first-order valence-electron chi connectivity index (χ1n) is 8.87. The van der Waals surface area contributed by atoms with Crippen molar-refractivity contribution < 1.29 is 9.26 Å². The molecule has 0 bridgehead atoms. The molecule has 0 amide bonds. The van der Waals surface area contributed by atoms with Gasteiger partial charge in [-0.15, -0.1) is 0 Å². The standard InChI is InChI=1S/C18H24N4O2/c1-11(2)17-21-18(24-22-17)13-5-7-19-16(9-13)20-14-6-8-23-15(10-14)12-3-4-12/h5,7,9,11-12,14-15H,3-4,6,8,10H2,1-2H3,(H,19,20). The Morgan fingerprint density at radius 1 is 1.25 bits per heavy atom. The summed E-state index contributed by atoms with van der Waals surface area (Å²) in [5, 5.41) is 7.58. The van der Waals surface area contributed by atoms with E-state index >= 15 is 0 Å². The van der Waals surface area contributed by atoms with E-state index in [2.05, 4.69) is 34.3 Å². The van der Waals surface area contributed by atoms with E-state index in [0.717, 1.165) is 42.6 Å². The van der Waals surface area contributed by atoms with Gasteiger partial charge in [-0.25, -0.2) is 4.98 Å². The summed E-state index contributed by atoms with van der Waals surface area (Å²) in [6, 6.07) is 4.31. The largest absolute Gasteiger partial charge is 0.378 e. The molecule has 2 aromatic rings. The summed E-state index contributed by atoms with van der Waals surface area (Å²) >= 11 is 0. The fourth-order valence-electron chi connectivity index (χ4n) is 3.19. The third-order valence-electron chi connectivity index (χ3n) is 4.78. The van der Waals surface area contributed by atoms with Crippen molar-refractivity contribution in [3.63, 3.8) is 0 Å². The summed E-state index contributed by atoms with van der Waals surface area (Å²) in [6.07, 6.45) is 6.93. The van der Waals surface area contributed by atoms with Crippen LogP contribution in [0.1, 0.15) is 51.3 Å². The average Bonchev–Trinajstić information content (AvgIpc) is 3.31. The summed E-state index contributed by atoms with van der Waals surface area (Å²) in [5.74, 6) is 3.17. The number of aromatic nitrogens is 3. The van der Waals surface area contributed by atoms with Crippen LogP contribution in [0, 0.1) is 5.92 Å². The number of nitrogens with zero attached hydrogens (tertiary/aromatic N) is 3. The van der Waals surface area contributed by atoms with Crippen LogP contribution in [0.2, 0.25) is 0 Å². The van der Waals surface area contributed by atoms with Crippen molar-refractivity contribution in [3.8, 4) is 11.5 Å². The van der Waals surface area contributed by atoms with Crippen LogP contribution < -0.4 is 5.32 Å². The van der Waals surface area contributed by atoms with Crippen molar-refractivity contribution in [1.82, 2.24) is 15.1 Å².